The lowest BCUT2D eigenvalue weighted by Crippen LogP contribution is -2.76. The van der Waals surface area contributed by atoms with Crippen LogP contribution >= 0.6 is 10.2 Å². The predicted molar refractivity (Wildman–Crippen MR) is 78.9 cm³/mol. The molecular weight excluding hydrogens is 444 g/mol. The van der Waals surface area contributed by atoms with Gasteiger partial charge in [-0.2, -0.15) is 13.2 Å². The summed E-state index contributed by atoms with van der Waals surface area (Å²) in [7, 11) is -10.2. The summed E-state index contributed by atoms with van der Waals surface area (Å²) in [6.07, 6.45) is -5.68. The van der Waals surface area contributed by atoms with Gasteiger partial charge in [0.1, 0.15) is 22.1 Å². The van der Waals surface area contributed by atoms with Gasteiger partial charge in [0.2, 0.25) is 23.6 Å². The van der Waals surface area contributed by atoms with E-state index in [1.54, 1.807) is 0 Å². The van der Waals surface area contributed by atoms with Crippen molar-refractivity contribution in [2.45, 2.75) is 16.5 Å². The number of halogens is 8. The molecule has 0 radical (unpaired) electrons. The smallest absolute Gasteiger partial charge is 0.295 e. The maximum atomic E-state index is 14.2. The van der Waals surface area contributed by atoms with Crippen LogP contribution in [0.25, 0.3) is 0 Å². The van der Waals surface area contributed by atoms with Crippen molar-refractivity contribution in [1.29, 1.82) is 0 Å². The van der Waals surface area contributed by atoms with Gasteiger partial charge < -0.3 is 0 Å². The first kappa shape index (κ1) is 21.0. The third-order valence-corrected chi connectivity index (χ3v) is 5.86. The van der Waals surface area contributed by atoms with Gasteiger partial charge in [-0.05, 0) is 17.7 Å². The molecule has 0 spiro atoms. The molecule has 4 amide bonds. The molecule has 2 aliphatic heterocycles. The predicted octanol–water partition coefficient (Wildman–Crippen LogP) is 2.69. The van der Waals surface area contributed by atoms with Crippen LogP contribution in [-0.4, -0.2) is 29.8 Å². The minimum absolute atomic E-state index is 0.0293. The Morgan fingerprint density at radius 3 is 1.34 bits per heavy atom. The van der Waals surface area contributed by atoms with E-state index in [0.29, 0.717) is 0 Å². The summed E-state index contributed by atoms with van der Waals surface area (Å²) in [6.45, 7) is 0. The molecule has 1 aromatic carbocycles. The molecule has 160 valence electrons. The molecule has 0 aromatic heterocycles. The molecule has 2 fully saturated rings. The van der Waals surface area contributed by atoms with Crippen LogP contribution in [0.3, 0.4) is 0 Å². The summed E-state index contributed by atoms with van der Waals surface area (Å²) in [6, 6.07) is -0.782. The lowest BCUT2D eigenvalue weighted by Gasteiger charge is -2.49. The summed E-state index contributed by atoms with van der Waals surface area (Å²) in [5.41, 5.74) is -5.17. The van der Waals surface area contributed by atoms with Gasteiger partial charge in [-0.25, -0.2) is 0 Å². The van der Waals surface area contributed by atoms with Crippen LogP contribution in [0.15, 0.2) is 29.2 Å². The fourth-order valence-electron chi connectivity index (χ4n) is 3.58. The number of benzene rings is 1. The Morgan fingerprint density at radius 1 is 0.724 bits per heavy atom. The van der Waals surface area contributed by atoms with Gasteiger partial charge in [0.05, 0.1) is 0 Å². The van der Waals surface area contributed by atoms with Crippen LogP contribution < -0.4 is 10.6 Å². The molecule has 2 heterocycles. The van der Waals surface area contributed by atoms with Gasteiger partial charge in [-0.3, -0.25) is 29.8 Å². The van der Waals surface area contributed by atoms with Crippen LogP contribution in [0.2, 0.25) is 0 Å². The van der Waals surface area contributed by atoms with Crippen molar-refractivity contribution < 1.29 is 51.8 Å². The van der Waals surface area contributed by atoms with E-state index >= 15 is 0 Å². The number of nitrogens with one attached hydrogen (secondary N) is 2. The van der Waals surface area contributed by atoms with Crippen LogP contribution in [0.1, 0.15) is 5.56 Å². The topological polar surface area (TPSA) is 92.3 Å². The van der Waals surface area contributed by atoms with Crippen molar-refractivity contribution in [1.82, 2.24) is 10.6 Å². The van der Waals surface area contributed by atoms with Crippen LogP contribution in [-0.2, 0) is 24.6 Å². The summed E-state index contributed by atoms with van der Waals surface area (Å²) in [5, 5.41) is 2.87. The number of carbonyl (C=O) groups excluding carboxylic acids is 4. The standard InChI is InChI=1S/C14H8F8N2O4S/c15-14(16,17)13(5-1-3-6(4-2-5)29(18,19,20,21)22)7-9(25)23-11(27)8(13)12(28)24-10(7)26/h1-4,7-8H,(H,23,25,27)(H,24,26,28). The number of fused-ring (bicyclic) bond motifs is 2. The van der Waals surface area contributed by atoms with Crippen molar-refractivity contribution >= 4 is 33.9 Å². The number of carbonyl (C=O) groups is 4. The van der Waals surface area contributed by atoms with E-state index in [0.717, 1.165) is 0 Å². The highest BCUT2D eigenvalue weighted by atomic mass is 32.5. The van der Waals surface area contributed by atoms with Crippen molar-refractivity contribution in [2.75, 3.05) is 0 Å². The van der Waals surface area contributed by atoms with Gasteiger partial charge in [0.25, 0.3) is 0 Å². The molecule has 2 bridgehead atoms. The largest absolute Gasteiger partial charge is 0.401 e. The molecule has 0 unspecified atom stereocenters. The van der Waals surface area contributed by atoms with Crippen molar-refractivity contribution in [3.63, 3.8) is 0 Å². The molecule has 0 saturated carbocycles. The zero-order valence-corrected chi connectivity index (χ0v) is 14.3. The van der Waals surface area contributed by atoms with Gasteiger partial charge in [-0.15, -0.1) is 0 Å². The van der Waals surface area contributed by atoms with E-state index in [2.05, 4.69) is 0 Å². The fraction of sp³-hybridized carbons (Fsp3) is 0.286. The van der Waals surface area contributed by atoms with E-state index in [-0.39, 0.29) is 24.3 Å². The highest BCUT2D eigenvalue weighted by Crippen LogP contribution is 3.02. The van der Waals surface area contributed by atoms with E-state index in [4.69, 9.17) is 0 Å². The Hall–Kier alpha value is -2.71. The van der Waals surface area contributed by atoms with E-state index in [1.807, 2.05) is 0 Å². The molecule has 3 rings (SSSR count). The molecule has 2 aliphatic rings. The Labute approximate surface area is 155 Å². The molecule has 15 heteroatoms. The van der Waals surface area contributed by atoms with Crippen LogP contribution in [0, 0.1) is 11.8 Å². The van der Waals surface area contributed by atoms with Gasteiger partial charge in [-0.1, -0.05) is 31.6 Å². The average molecular weight is 452 g/mol. The van der Waals surface area contributed by atoms with Crippen molar-refractivity contribution in [2.24, 2.45) is 11.8 Å². The summed E-state index contributed by atoms with van der Waals surface area (Å²) in [5.74, 6) is -12.5. The zero-order valence-electron chi connectivity index (χ0n) is 13.5. The maximum Gasteiger partial charge on any atom is 0.401 e. The third-order valence-electron chi connectivity index (χ3n) is 4.70. The summed E-state index contributed by atoms with van der Waals surface area (Å²) < 4.78 is 107. The van der Waals surface area contributed by atoms with Crippen LogP contribution in [0.5, 0.6) is 0 Å². The highest BCUT2D eigenvalue weighted by molar-refractivity contribution is 8.45. The first-order valence-corrected chi connectivity index (χ1v) is 9.36. The maximum absolute atomic E-state index is 14.2. The van der Waals surface area contributed by atoms with E-state index < -0.39 is 67.7 Å². The number of imide groups is 2. The monoisotopic (exact) mass is 452 g/mol. The lowest BCUT2D eigenvalue weighted by molar-refractivity contribution is -0.231. The average Bonchev–Trinajstić information content (AvgIpc) is 2.50. The number of amides is 4. The molecule has 1 aromatic rings. The lowest BCUT2D eigenvalue weighted by atomic mass is 9.57. The second kappa shape index (κ2) is 5.06. The first-order chi connectivity index (χ1) is 12.8. The van der Waals surface area contributed by atoms with Gasteiger partial charge in [0, 0.05) is 0 Å². The third kappa shape index (κ3) is 2.94. The number of hydrogen-bond acceptors (Lipinski definition) is 4. The second-order valence-electron chi connectivity index (χ2n) is 6.43. The number of piperidine rings is 2. The zero-order chi connectivity index (χ0) is 22.3. The SMILES string of the molecule is O=C1NC(=O)C2C(=O)NC(=O)C1C2(c1ccc(S(F)(F)(F)(F)F)cc1)C(F)(F)F. The Balaban J connectivity index is 2.34. The second-order valence-corrected chi connectivity index (χ2v) is 8.84. The van der Waals surface area contributed by atoms with Gasteiger partial charge in [0.15, 0.2) is 0 Å². The van der Waals surface area contributed by atoms with E-state index in [9.17, 15) is 51.8 Å². The molecule has 2 N–H and O–H groups in total. The van der Waals surface area contributed by atoms with Crippen LogP contribution in [0.4, 0.5) is 32.6 Å². The highest BCUT2D eigenvalue weighted by Gasteiger charge is 2.76. The summed E-state index contributed by atoms with van der Waals surface area (Å²) >= 11 is 0. The number of rotatable bonds is 2. The molecule has 29 heavy (non-hydrogen) atoms. The minimum atomic E-state index is -10.2. The van der Waals surface area contributed by atoms with Crippen molar-refractivity contribution in [3.8, 4) is 0 Å². The molecular formula is C14H8F8N2O4S. The molecule has 0 aliphatic carbocycles. The quantitative estimate of drug-likeness (QED) is 0.410. The number of alkyl halides is 3. The van der Waals surface area contributed by atoms with E-state index in [1.165, 1.54) is 10.6 Å². The Kier molecular flexibility index (Phi) is 3.67. The minimum Gasteiger partial charge on any atom is -0.295 e. The Morgan fingerprint density at radius 2 is 1.07 bits per heavy atom. The Bertz CT molecular complexity index is 909. The fourth-order valence-corrected chi connectivity index (χ4v) is 4.23. The molecule has 0 atom stereocenters. The normalized spacial score (nSPS) is 30.2. The molecule has 2 saturated heterocycles. The summed E-state index contributed by atoms with van der Waals surface area (Å²) in [4.78, 5) is 45.5. The number of hydrogen-bond donors (Lipinski definition) is 2. The van der Waals surface area contributed by atoms with Crippen molar-refractivity contribution in [3.05, 3.63) is 29.8 Å². The molecule has 6 nitrogen and oxygen atoms in total. The van der Waals surface area contributed by atoms with Gasteiger partial charge >= 0.3 is 16.4 Å². The first-order valence-electron chi connectivity index (χ1n) is 7.41.